The number of hydrogen-bond acceptors (Lipinski definition) is 6. The summed E-state index contributed by atoms with van der Waals surface area (Å²) >= 11 is 1.33. The molecule has 3 heterocycles. The van der Waals surface area contributed by atoms with Crippen molar-refractivity contribution >= 4 is 22.4 Å². The maximum Gasteiger partial charge on any atom is 0.349 e. The van der Waals surface area contributed by atoms with E-state index in [1.165, 1.54) is 31.3 Å². The summed E-state index contributed by atoms with van der Waals surface area (Å²) < 4.78 is 10.5. The molecule has 2 fully saturated rings. The third-order valence-electron chi connectivity index (χ3n) is 3.64. The third kappa shape index (κ3) is 2.22. The van der Waals surface area contributed by atoms with E-state index in [1.54, 1.807) is 6.20 Å². The van der Waals surface area contributed by atoms with Crippen molar-refractivity contribution in [3.63, 3.8) is 0 Å². The van der Waals surface area contributed by atoms with Crippen LogP contribution >= 0.6 is 11.3 Å². The summed E-state index contributed by atoms with van der Waals surface area (Å²) in [4.78, 5) is 16.0. The fourth-order valence-electron chi connectivity index (χ4n) is 2.73. The van der Waals surface area contributed by atoms with Crippen LogP contribution in [0.15, 0.2) is 6.20 Å². The van der Waals surface area contributed by atoms with Gasteiger partial charge in [-0.3, -0.25) is 0 Å². The Labute approximate surface area is 110 Å². The number of thiazole rings is 1. The van der Waals surface area contributed by atoms with Crippen molar-refractivity contribution in [2.24, 2.45) is 5.92 Å². The quantitative estimate of drug-likeness (QED) is 0.845. The van der Waals surface area contributed by atoms with Crippen LogP contribution in [0.3, 0.4) is 0 Å². The number of fused-ring (bicyclic) bond motifs is 2. The SMILES string of the molecule is COC(=O)c1cnc(NCC2CC3CCC2O3)s1. The monoisotopic (exact) mass is 268 g/mol. The summed E-state index contributed by atoms with van der Waals surface area (Å²) in [5.41, 5.74) is 0. The van der Waals surface area contributed by atoms with Gasteiger partial charge in [-0.1, -0.05) is 11.3 Å². The van der Waals surface area contributed by atoms with E-state index in [9.17, 15) is 4.79 Å². The molecule has 0 radical (unpaired) electrons. The Balaban J connectivity index is 1.54. The smallest absolute Gasteiger partial charge is 0.349 e. The zero-order chi connectivity index (χ0) is 12.5. The molecular weight excluding hydrogens is 252 g/mol. The minimum atomic E-state index is -0.330. The van der Waals surface area contributed by atoms with Crippen LogP contribution in [0.2, 0.25) is 0 Å². The van der Waals surface area contributed by atoms with Crippen LogP contribution in [-0.2, 0) is 9.47 Å². The molecule has 1 N–H and O–H groups in total. The molecule has 0 aromatic carbocycles. The predicted octanol–water partition coefficient (Wildman–Crippen LogP) is 1.91. The number of anilines is 1. The van der Waals surface area contributed by atoms with Gasteiger partial charge in [-0.25, -0.2) is 9.78 Å². The highest BCUT2D eigenvalue weighted by atomic mass is 32.1. The second-order valence-electron chi connectivity index (χ2n) is 4.77. The lowest BCUT2D eigenvalue weighted by Crippen LogP contribution is -2.24. The molecule has 18 heavy (non-hydrogen) atoms. The van der Waals surface area contributed by atoms with Crippen LogP contribution in [0.4, 0.5) is 5.13 Å². The Morgan fingerprint density at radius 2 is 2.56 bits per heavy atom. The van der Waals surface area contributed by atoms with Crippen LogP contribution in [0, 0.1) is 5.92 Å². The standard InChI is InChI=1S/C12H16N2O3S/c1-16-11(15)10-6-14-12(18-10)13-5-7-4-8-2-3-9(7)17-8/h6-9H,2-5H2,1H3,(H,13,14). The van der Waals surface area contributed by atoms with E-state index in [0.29, 0.717) is 23.0 Å². The van der Waals surface area contributed by atoms with Gasteiger partial charge >= 0.3 is 5.97 Å². The number of carbonyl (C=O) groups excluding carboxylic acids is 1. The van der Waals surface area contributed by atoms with E-state index >= 15 is 0 Å². The molecule has 6 heteroatoms. The van der Waals surface area contributed by atoms with Crippen molar-refractivity contribution in [3.05, 3.63) is 11.1 Å². The summed E-state index contributed by atoms with van der Waals surface area (Å²) in [6.45, 7) is 0.870. The van der Waals surface area contributed by atoms with E-state index in [4.69, 9.17) is 4.74 Å². The van der Waals surface area contributed by atoms with Crippen molar-refractivity contribution < 1.29 is 14.3 Å². The highest BCUT2D eigenvalue weighted by Gasteiger charge is 2.40. The van der Waals surface area contributed by atoms with Crippen LogP contribution in [0.25, 0.3) is 0 Å². The van der Waals surface area contributed by atoms with Gasteiger partial charge in [0.25, 0.3) is 0 Å². The second-order valence-corrected chi connectivity index (χ2v) is 5.80. The van der Waals surface area contributed by atoms with Gasteiger partial charge in [0.2, 0.25) is 0 Å². The largest absolute Gasteiger partial charge is 0.465 e. The molecule has 1 aromatic rings. The maximum atomic E-state index is 11.3. The highest BCUT2D eigenvalue weighted by molar-refractivity contribution is 7.17. The van der Waals surface area contributed by atoms with Gasteiger partial charge < -0.3 is 14.8 Å². The normalized spacial score (nSPS) is 29.5. The average molecular weight is 268 g/mol. The van der Waals surface area contributed by atoms with Crippen molar-refractivity contribution in [3.8, 4) is 0 Å². The molecule has 3 unspecified atom stereocenters. The number of rotatable bonds is 4. The molecule has 3 rings (SSSR count). The molecule has 2 aliphatic heterocycles. The molecule has 2 saturated heterocycles. The Hall–Kier alpha value is -1.14. The number of carbonyl (C=O) groups is 1. The van der Waals surface area contributed by atoms with Gasteiger partial charge in [0, 0.05) is 12.5 Å². The van der Waals surface area contributed by atoms with Gasteiger partial charge in [-0.05, 0) is 19.3 Å². The van der Waals surface area contributed by atoms with E-state index in [-0.39, 0.29) is 5.97 Å². The van der Waals surface area contributed by atoms with E-state index in [0.717, 1.165) is 18.1 Å². The van der Waals surface area contributed by atoms with Crippen LogP contribution in [0.1, 0.15) is 28.9 Å². The first kappa shape index (κ1) is 11.9. The molecule has 0 saturated carbocycles. The van der Waals surface area contributed by atoms with Gasteiger partial charge in [0.15, 0.2) is 5.13 Å². The van der Waals surface area contributed by atoms with Crippen molar-refractivity contribution in [2.45, 2.75) is 31.5 Å². The minimum Gasteiger partial charge on any atom is -0.465 e. The second kappa shape index (κ2) is 4.85. The number of nitrogens with zero attached hydrogens (tertiary/aromatic N) is 1. The fourth-order valence-corrected chi connectivity index (χ4v) is 3.47. The zero-order valence-corrected chi connectivity index (χ0v) is 11.0. The van der Waals surface area contributed by atoms with Crippen LogP contribution in [-0.4, -0.2) is 36.8 Å². The van der Waals surface area contributed by atoms with Crippen molar-refractivity contribution in [1.29, 1.82) is 0 Å². The number of ether oxygens (including phenoxy) is 2. The molecule has 0 aliphatic carbocycles. The molecule has 0 spiro atoms. The lowest BCUT2D eigenvalue weighted by Gasteiger charge is -2.18. The Morgan fingerprint density at radius 1 is 1.67 bits per heavy atom. The molecule has 98 valence electrons. The molecule has 5 nitrogen and oxygen atoms in total. The number of methoxy groups -OCH3 is 1. The first-order chi connectivity index (χ1) is 8.76. The van der Waals surface area contributed by atoms with Gasteiger partial charge in [-0.2, -0.15) is 0 Å². The summed E-state index contributed by atoms with van der Waals surface area (Å²) in [5.74, 6) is 0.248. The number of nitrogens with one attached hydrogen (secondary N) is 1. The molecule has 3 atom stereocenters. The first-order valence-corrected chi connectivity index (χ1v) is 7.01. The molecule has 2 aliphatic rings. The Bertz CT molecular complexity index is 448. The number of hydrogen-bond donors (Lipinski definition) is 1. The van der Waals surface area contributed by atoms with E-state index in [2.05, 4.69) is 15.0 Å². The summed E-state index contributed by atoms with van der Waals surface area (Å²) in [6, 6.07) is 0. The summed E-state index contributed by atoms with van der Waals surface area (Å²) in [6.07, 6.45) is 5.99. The Kier molecular flexibility index (Phi) is 3.22. The van der Waals surface area contributed by atoms with Crippen LogP contribution < -0.4 is 5.32 Å². The Morgan fingerprint density at radius 3 is 3.22 bits per heavy atom. The predicted molar refractivity (Wildman–Crippen MR) is 67.9 cm³/mol. The molecule has 2 bridgehead atoms. The fraction of sp³-hybridized carbons (Fsp3) is 0.667. The third-order valence-corrected chi connectivity index (χ3v) is 4.57. The van der Waals surface area contributed by atoms with E-state index < -0.39 is 0 Å². The lowest BCUT2D eigenvalue weighted by molar-refractivity contribution is 0.0606. The number of esters is 1. The molecular formula is C12H16N2O3S. The molecule has 0 amide bonds. The first-order valence-electron chi connectivity index (χ1n) is 6.19. The van der Waals surface area contributed by atoms with E-state index in [1.807, 2.05) is 0 Å². The topological polar surface area (TPSA) is 60.5 Å². The van der Waals surface area contributed by atoms with Gasteiger partial charge in [0.1, 0.15) is 4.88 Å². The number of aromatic nitrogens is 1. The molecule has 1 aromatic heterocycles. The lowest BCUT2D eigenvalue weighted by atomic mass is 9.89. The highest BCUT2D eigenvalue weighted by Crippen LogP contribution is 2.38. The zero-order valence-electron chi connectivity index (χ0n) is 10.2. The van der Waals surface area contributed by atoms with Crippen molar-refractivity contribution in [1.82, 2.24) is 4.98 Å². The maximum absolute atomic E-state index is 11.3. The summed E-state index contributed by atoms with van der Waals surface area (Å²) in [5, 5.41) is 4.07. The van der Waals surface area contributed by atoms with Gasteiger partial charge in [-0.15, -0.1) is 0 Å². The van der Waals surface area contributed by atoms with Crippen molar-refractivity contribution in [2.75, 3.05) is 19.0 Å². The summed E-state index contributed by atoms with van der Waals surface area (Å²) in [7, 11) is 1.38. The minimum absolute atomic E-state index is 0.330. The van der Waals surface area contributed by atoms with Crippen LogP contribution in [0.5, 0.6) is 0 Å². The average Bonchev–Trinajstić information content (AvgIpc) is 3.10. The van der Waals surface area contributed by atoms with Gasteiger partial charge in [0.05, 0.1) is 25.5 Å².